The number of hydrogen-bond donors (Lipinski definition) is 0. The van der Waals surface area contributed by atoms with E-state index in [4.69, 9.17) is 9.93 Å². The molecule has 0 rings (SSSR count). The third-order valence-corrected chi connectivity index (χ3v) is 0.368. The predicted molar refractivity (Wildman–Crippen MR) is 28.9 cm³/mol. The number of carbonyl (C=O) groups is 1. The lowest BCUT2D eigenvalue weighted by molar-refractivity contribution is -0.134. The predicted octanol–water partition coefficient (Wildman–Crippen LogP) is 0.412. The summed E-state index contributed by atoms with van der Waals surface area (Å²) in [6.45, 7) is 3.16. The van der Waals surface area contributed by atoms with Gasteiger partial charge < -0.3 is 4.74 Å². The van der Waals surface area contributed by atoms with E-state index in [2.05, 4.69) is 11.3 Å². The highest BCUT2D eigenvalue weighted by Gasteiger charge is 1.81. The number of ether oxygens (including phenoxy) is 1. The maximum Gasteiger partial charge on any atom is 0.329 e. The second kappa shape index (κ2) is 9.26. The van der Waals surface area contributed by atoms with Crippen LogP contribution in [0.1, 0.15) is 0 Å². The fraction of sp³-hybridized carbons (Fsp3) is 0.250. The van der Waals surface area contributed by atoms with Crippen LogP contribution in [0.3, 0.4) is 0 Å². The molecule has 0 aromatic rings. The van der Waals surface area contributed by atoms with Crippen molar-refractivity contribution >= 4 is 5.97 Å². The first-order valence-corrected chi connectivity index (χ1v) is 1.68. The van der Waals surface area contributed by atoms with Crippen molar-refractivity contribution in [2.75, 3.05) is 7.11 Å². The Hall–Kier alpha value is -1.19. The average molecular weight is 118 g/mol. The van der Waals surface area contributed by atoms with Crippen molar-refractivity contribution in [2.24, 2.45) is 0 Å². The summed E-state index contributed by atoms with van der Waals surface area (Å²) in [6.07, 6.45) is 1.11. The number of methoxy groups -OCH3 is 1. The van der Waals surface area contributed by atoms with Gasteiger partial charge in [-0.1, -0.05) is 6.58 Å². The fourth-order valence-corrected chi connectivity index (χ4v) is 0.0833. The summed E-state index contributed by atoms with van der Waals surface area (Å²) in [5.41, 5.74) is 0. The van der Waals surface area contributed by atoms with Crippen LogP contribution in [-0.2, 0) is 9.53 Å². The number of carbonyl (C=O) groups excluding carboxylic acids is 1. The monoisotopic (exact) mass is 118 g/mol. The SMILES string of the molecule is C=CC(=O)OC.O=O. The average Bonchev–Trinajstić information content (AvgIpc) is 1.91. The third-order valence-electron chi connectivity index (χ3n) is 0.368. The zero-order chi connectivity index (χ0) is 6.99. The number of hydrogen-bond acceptors (Lipinski definition) is 4. The molecule has 0 heterocycles. The summed E-state index contributed by atoms with van der Waals surface area (Å²) in [5.74, 6) is -0.394. The summed E-state index contributed by atoms with van der Waals surface area (Å²) < 4.78 is 4.14. The summed E-state index contributed by atoms with van der Waals surface area (Å²) >= 11 is 0. The Bertz CT molecular complexity index is 78.1. The van der Waals surface area contributed by atoms with Crippen molar-refractivity contribution in [3.8, 4) is 0 Å². The van der Waals surface area contributed by atoms with Crippen molar-refractivity contribution in [2.45, 2.75) is 0 Å². The molecule has 0 bridgehead atoms. The molecule has 0 saturated heterocycles. The fourth-order valence-electron chi connectivity index (χ4n) is 0.0833. The van der Waals surface area contributed by atoms with Gasteiger partial charge in [0.2, 0.25) is 0 Å². The largest absolute Gasteiger partial charge is 0.466 e. The van der Waals surface area contributed by atoms with Gasteiger partial charge >= 0.3 is 5.97 Å². The lowest BCUT2D eigenvalue weighted by Crippen LogP contribution is -1.91. The van der Waals surface area contributed by atoms with Gasteiger partial charge in [-0.2, -0.15) is 0 Å². The molecule has 4 heteroatoms. The van der Waals surface area contributed by atoms with Crippen molar-refractivity contribution in [1.82, 2.24) is 0 Å². The van der Waals surface area contributed by atoms with Crippen LogP contribution in [0.15, 0.2) is 12.7 Å². The van der Waals surface area contributed by atoms with E-state index < -0.39 is 5.97 Å². The second-order valence-corrected chi connectivity index (χ2v) is 0.727. The van der Waals surface area contributed by atoms with Crippen molar-refractivity contribution in [1.29, 1.82) is 0 Å². The highest BCUT2D eigenvalue weighted by atomic mass is 16.7. The third kappa shape index (κ3) is 8.84. The van der Waals surface area contributed by atoms with Gasteiger partial charge in [-0.25, -0.2) is 4.79 Å². The number of rotatable bonds is 1. The molecule has 0 saturated carbocycles. The Kier molecular flexibility index (Phi) is 11.5. The van der Waals surface area contributed by atoms with Gasteiger partial charge in [0.1, 0.15) is 0 Å². The van der Waals surface area contributed by atoms with Crippen molar-refractivity contribution in [3.05, 3.63) is 22.6 Å². The minimum Gasteiger partial charge on any atom is -0.466 e. The van der Waals surface area contributed by atoms with Crippen LogP contribution >= 0.6 is 0 Å². The van der Waals surface area contributed by atoms with Gasteiger partial charge in [0.15, 0.2) is 0 Å². The summed E-state index contributed by atoms with van der Waals surface area (Å²) in [6, 6.07) is 0. The van der Waals surface area contributed by atoms with E-state index in [0.29, 0.717) is 0 Å². The minimum absolute atomic E-state index is 0.394. The van der Waals surface area contributed by atoms with E-state index in [1.165, 1.54) is 7.11 Å². The molecule has 0 unspecified atom stereocenters. The van der Waals surface area contributed by atoms with Crippen molar-refractivity contribution < 1.29 is 9.53 Å². The number of esters is 1. The van der Waals surface area contributed by atoms with E-state index in [1.54, 1.807) is 0 Å². The van der Waals surface area contributed by atoms with Gasteiger partial charge in [0.25, 0.3) is 0 Å². The molecule has 4 nitrogen and oxygen atoms in total. The van der Waals surface area contributed by atoms with Crippen LogP contribution in [0.25, 0.3) is 0 Å². The molecule has 46 valence electrons. The minimum atomic E-state index is -0.394. The first-order valence-electron chi connectivity index (χ1n) is 1.68. The lowest BCUT2D eigenvalue weighted by atomic mass is 10.7. The quantitative estimate of drug-likeness (QED) is 0.369. The molecule has 0 amide bonds. The molecule has 0 aliphatic carbocycles. The summed E-state index contributed by atoms with van der Waals surface area (Å²) in [4.78, 5) is 23.8. The molecule has 0 radical (unpaired) electrons. The Balaban J connectivity index is 0. The van der Waals surface area contributed by atoms with Crippen LogP contribution in [0.2, 0.25) is 0 Å². The standard InChI is InChI=1S/C4H6O2.O2/c1-3-4(5)6-2;1-2/h3H,1H2,2H3;. The Morgan fingerprint density at radius 3 is 2.00 bits per heavy atom. The second-order valence-electron chi connectivity index (χ2n) is 0.727. The van der Waals surface area contributed by atoms with Crippen LogP contribution in [0, 0.1) is 9.93 Å². The molecule has 0 aromatic carbocycles. The molecular weight excluding hydrogens is 112 g/mol. The summed E-state index contributed by atoms with van der Waals surface area (Å²) in [7, 11) is 1.31. The van der Waals surface area contributed by atoms with E-state index >= 15 is 0 Å². The highest BCUT2D eigenvalue weighted by Crippen LogP contribution is 1.67. The van der Waals surface area contributed by atoms with Gasteiger partial charge in [0, 0.05) is 16.0 Å². The van der Waals surface area contributed by atoms with Gasteiger partial charge in [-0.3, -0.25) is 0 Å². The maximum atomic E-state index is 9.84. The zero-order valence-electron chi connectivity index (χ0n) is 4.42. The van der Waals surface area contributed by atoms with Crippen LogP contribution in [-0.4, -0.2) is 13.1 Å². The molecule has 0 N–H and O–H groups in total. The first kappa shape index (κ1) is 9.94. The van der Waals surface area contributed by atoms with E-state index in [-0.39, 0.29) is 0 Å². The van der Waals surface area contributed by atoms with Crippen LogP contribution in [0.4, 0.5) is 0 Å². The molecule has 0 atom stereocenters. The molecule has 0 aliphatic rings. The highest BCUT2D eigenvalue weighted by molar-refractivity contribution is 5.80. The van der Waals surface area contributed by atoms with Gasteiger partial charge in [0.05, 0.1) is 7.11 Å². The van der Waals surface area contributed by atoms with Crippen LogP contribution in [0.5, 0.6) is 0 Å². The van der Waals surface area contributed by atoms with E-state index in [9.17, 15) is 4.79 Å². The Morgan fingerprint density at radius 2 is 2.00 bits per heavy atom. The normalized spacial score (nSPS) is 5.62. The van der Waals surface area contributed by atoms with Gasteiger partial charge in [-0.05, 0) is 0 Å². The molecule has 0 spiro atoms. The Labute approximate surface area is 46.4 Å². The Morgan fingerprint density at radius 1 is 1.62 bits per heavy atom. The molecular formula is C4H6O4. The molecule has 0 fully saturated rings. The maximum absolute atomic E-state index is 9.84. The first-order chi connectivity index (χ1) is 3.81. The molecule has 0 aromatic heterocycles. The summed E-state index contributed by atoms with van der Waals surface area (Å²) in [5, 5.41) is 0. The van der Waals surface area contributed by atoms with E-state index in [0.717, 1.165) is 6.08 Å². The zero-order valence-corrected chi connectivity index (χ0v) is 4.42. The van der Waals surface area contributed by atoms with E-state index in [1.807, 2.05) is 0 Å². The van der Waals surface area contributed by atoms with Gasteiger partial charge in [-0.15, -0.1) is 0 Å². The smallest absolute Gasteiger partial charge is 0.329 e. The lowest BCUT2D eigenvalue weighted by Gasteiger charge is -1.83. The van der Waals surface area contributed by atoms with Crippen molar-refractivity contribution in [3.63, 3.8) is 0 Å². The van der Waals surface area contributed by atoms with Crippen LogP contribution < -0.4 is 0 Å². The topological polar surface area (TPSA) is 60.4 Å². The molecule has 0 aliphatic heterocycles. The molecule has 8 heavy (non-hydrogen) atoms.